The summed E-state index contributed by atoms with van der Waals surface area (Å²) in [7, 11) is 1.50. The molecular formula is C13H10Cl2O2. The lowest BCUT2D eigenvalue weighted by Crippen LogP contribution is -1.85. The zero-order valence-corrected chi connectivity index (χ0v) is 10.6. The van der Waals surface area contributed by atoms with Crippen molar-refractivity contribution >= 4 is 23.2 Å². The van der Waals surface area contributed by atoms with E-state index < -0.39 is 0 Å². The van der Waals surface area contributed by atoms with E-state index in [-0.39, 0.29) is 5.75 Å². The van der Waals surface area contributed by atoms with Crippen LogP contribution < -0.4 is 4.74 Å². The van der Waals surface area contributed by atoms with Gasteiger partial charge in [0.1, 0.15) is 0 Å². The maximum absolute atomic E-state index is 9.51. The van der Waals surface area contributed by atoms with Gasteiger partial charge in [-0.15, -0.1) is 0 Å². The minimum Gasteiger partial charge on any atom is -0.504 e. The summed E-state index contributed by atoms with van der Waals surface area (Å²) in [5.74, 6) is 0.517. The summed E-state index contributed by atoms with van der Waals surface area (Å²) in [6, 6.07) is 10.4. The quantitative estimate of drug-likeness (QED) is 0.876. The van der Waals surface area contributed by atoms with E-state index in [1.165, 1.54) is 7.11 Å². The SMILES string of the molecule is COc1cc(-c2cc(Cl)cc(Cl)c2)ccc1O. The van der Waals surface area contributed by atoms with Gasteiger partial charge in [0.15, 0.2) is 11.5 Å². The minimum atomic E-state index is 0.101. The number of ether oxygens (including phenoxy) is 1. The number of hydrogen-bond acceptors (Lipinski definition) is 2. The van der Waals surface area contributed by atoms with Crippen LogP contribution in [0.4, 0.5) is 0 Å². The highest BCUT2D eigenvalue weighted by atomic mass is 35.5. The second kappa shape index (κ2) is 4.86. The fourth-order valence-electron chi connectivity index (χ4n) is 1.58. The molecule has 0 radical (unpaired) electrons. The highest BCUT2D eigenvalue weighted by Gasteiger charge is 2.06. The summed E-state index contributed by atoms with van der Waals surface area (Å²) < 4.78 is 5.05. The van der Waals surface area contributed by atoms with Crippen molar-refractivity contribution < 1.29 is 9.84 Å². The lowest BCUT2D eigenvalue weighted by Gasteiger charge is -2.07. The fourth-order valence-corrected chi connectivity index (χ4v) is 2.10. The van der Waals surface area contributed by atoms with Crippen molar-refractivity contribution in [1.82, 2.24) is 0 Å². The molecular weight excluding hydrogens is 259 g/mol. The second-order valence-electron chi connectivity index (χ2n) is 3.54. The molecule has 17 heavy (non-hydrogen) atoms. The van der Waals surface area contributed by atoms with Crippen molar-refractivity contribution in [3.8, 4) is 22.6 Å². The Hall–Kier alpha value is -1.38. The fraction of sp³-hybridized carbons (Fsp3) is 0.0769. The van der Waals surface area contributed by atoms with Gasteiger partial charge >= 0.3 is 0 Å². The third kappa shape index (κ3) is 2.65. The first-order valence-corrected chi connectivity index (χ1v) is 5.69. The smallest absolute Gasteiger partial charge is 0.161 e. The molecule has 0 fully saturated rings. The molecule has 4 heteroatoms. The molecule has 88 valence electrons. The van der Waals surface area contributed by atoms with Gasteiger partial charge in [-0.05, 0) is 41.5 Å². The molecule has 2 nitrogen and oxygen atoms in total. The molecule has 0 spiro atoms. The lowest BCUT2D eigenvalue weighted by atomic mass is 10.1. The number of aromatic hydroxyl groups is 1. The van der Waals surface area contributed by atoms with Crippen LogP contribution in [0.1, 0.15) is 0 Å². The van der Waals surface area contributed by atoms with Crippen LogP contribution in [0.5, 0.6) is 11.5 Å². The van der Waals surface area contributed by atoms with Crippen molar-refractivity contribution in [1.29, 1.82) is 0 Å². The van der Waals surface area contributed by atoms with Gasteiger partial charge in [0.2, 0.25) is 0 Å². The third-order valence-corrected chi connectivity index (χ3v) is 2.81. The molecule has 2 aromatic carbocycles. The number of phenols is 1. The maximum Gasteiger partial charge on any atom is 0.161 e. The summed E-state index contributed by atoms with van der Waals surface area (Å²) in [5, 5.41) is 10.7. The van der Waals surface area contributed by atoms with Crippen molar-refractivity contribution in [2.24, 2.45) is 0 Å². The Labute approximate surface area is 109 Å². The van der Waals surface area contributed by atoms with Gasteiger partial charge in [0.25, 0.3) is 0 Å². The molecule has 0 heterocycles. The molecule has 1 N–H and O–H groups in total. The Bertz CT molecular complexity index is 533. The first-order valence-electron chi connectivity index (χ1n) is 4.93. The Morgan fingerprint density at radius 1 is 0.941 bits per heavy atom. The number of hydrogen-bond donors (Lipinski definition) is 1. The van der Waals surface area contributed by atoms with Crippen LogP contribution in [0.25, 0.3) is 11.1 Å². The van der Waals surface area contributed by atoms with Crippen molar-refractivity contribution in [3.63, 3.8) is 0 Å². The molecule has 0 atom stereocenters. The predicted octanol–water partition coefficient (Wildman–Crippen LogP) is 4.37. The Morgan fingerprint density at radius 3 is 2.18 bits per heavy atom. The average molecular weight is 269 g/mol. The summed E-state index contributed by atoms with van der Waals surface area (Å²) >= 11 is 11.9. The van der Waals surface area contributed by atoms with Crippen LogP contribution in [-0.2, 0) is 0 Å². The first kappa shape index (κ1) is 12.1. The van der Waals surface area contributed by atoms with Crippen LogP contribution in [0.3, 0.4) is 0 Å². The van der Waals surface area contributed by atoms with Gasteiger partial charge in [0.05, 0.1) is 7.11 Å². The van der Waals surface area contributed by atoms with E-state index in [1.54, 1.807) is 36.4 Å². The summed E-state index contributed by atoms with van der Waals surface area (Å²) in [6.45, 7) is 0. The van der Waals surface area contributed by atoms with E-state index in [9.17, 15) is 5.11 Å². The summed E-state index contributed by atoms with van der Waals surface area (Å²) in [6.07, 6.45) is 0. The topological polar surface area (TPSA) is 29.5 Å². The Kier molecular flexibility index (Phi) is 3.46. The monoisotopic (exact) mass is 268 g/mol. The van der Waals surface area contributed by atoms with E-state index in [0.29, 0.717) is 15.8 Å². The first-order chi connectivity index (χ1) is 8.10. The van der Waals surface area contributed by atoms with E-state index >= 15 is 0 Å². The molecule has 0 aliphatic heterocycles. The molecule has 2 aromatic rings. The number of methoxy groups -OCH3 is 1. The summed E-state index contributed by atoms with van der Waals surface area (Å²) in [5.41, 5.74) is 1.75. The van der Waals surface area contributed by atoms with Gasteiger partial charge in [-0.3, -0.25) is 0 Å². The van der Waals surface area contributed by atoms with E-state index in [1.807, 2.05) is 0 Å². The highest BCUT2D eigenvalue weighted by Crippen LogP contribution is 2.33. The number of halogens is 2. The van der Waals surface area contributed by atoms with E-state index in [2.05, 4.69) is 0 Å². The van der Waals surface area contributed by atoms with E-state index in [4.69, 9.17) is 27.9 Å². The van der Waals surface area contributed by atoms with Crippen LogP contribution in [0.15, 0.2) is 36.4 Å². The van der Waals surface area contributed by atoms with Gasteiger partial charge < -0.3 is 9.84 Å². The highest BCUT2D eigenvalue weighted by molar-refractivity contribution is 6.35. The van der Waals surface area contributed by atoms with Gasteiger partial charge in [-0.1, -0.05) is 29.3 Å². The van der Waals surface area contributed by atoms with Crippen LogP contribution in [0, 0.1) is 0 Å². The zero-order chi connectivity index (χ0) is 12.4. The van der Waals surface area contributed by atoms with Crippen molar-refractivity contribution in [2.45, 2.75) is 0 Å². The standard InChI is InChI=1S/C13H10Cl2O2/c1-17-13-6-8(2-3-12(13)16)9-4-10(14)7-11(15)5-9/h2-7,16H,1H3. The van der Waals surface area contributed by atoms with Gasteiger partial charge in [-0.25, -0.2) is 0 Å². The third-order valence-electron chi connectivity index (χ3n) is 2.38. The molecule has 0 aliphatic rings. The van der Waals surface area contributed by atoms with Gasteiger partial charge in [0, 0.05) is 10.0 Å². The molecule has 0 amide bonds. The number of phenolic OH excluding ortho intramolecular Hbond substituents is 1. The van der Waals surface area contributed by atoms with Crippen molar-refractivity contribution in [2.75, 3.05) is 7.11 Å². The molecule has 0 saturated carbocycles. The number of benzene rings is 2. The largest absolute Gasteiger partial charge is 0.504 e. The summed E-state index contributed by atoms with van der Waals surface area (Å²) in [4.78, 5) is 0. The molecule has 0 saturated heterocycles. The lowest BCUT2D eigenvalue weighted by molar-refractivity contribution is 0.373. The van der Waals surface area contributed by atoms with Crippen LogP contribution in [-0.4, -0.2) is 12.2 Å². The number of rotatable bonds is 2. The molecule has 2 rings (SSSR count). The second-order valence-corrected chi connectivity index (χ2v) is 4.42. The van der Waals surface area contributed by atoms with Crippen LogP contribution >= 0.6 is 23.2 Å². The molecule has 0 aliphatic carbocycles. The maximum atomic E-state index is 9.51. The van der Waals surface area contributed by atoms with Gasteiger partial charge in [-0.2, -0.15) is 0 Å². The minimum absolute atomic E-state index is 0.101. The van der Waals surface area contributed by atoms with E-state index in [0.717, 1.165) is 11.1 Å². The molecule has 0 unspecified atom stereocenters. The normalized spacial score (nSPS) is 10.3. The Balaban J connectivity index is 2.52. The molecule has 0 aromatic heterocycles. The average Bonchev–Trinajstić information content (AvgIpc) is 2.28. The van der Waals surface area contributed by atoms with Crippen molar-refractivity contribution in [3.05, 3.63) is 46.4 Å². The van der Waals surface area contributed by atoms with Crippen LogP contribution in [0.2, 0.25) is 10.0 Å². The Morgan fingerprint density at radius 2 is 1.59 bits per heavy atom. The molecule has 0 bridgehead atoms. The zero-order valence-electron chi connectivity index (χ0n) is 9.08. The predicted molar refractivity (Wildman–Crippen MR) is 70.1 cm³/mol.